The average molecular weight is 395 g/mol. The topological polar surface area (TPSA) is 58.9 Å². The molecule has 162 valence electrons. The van der Waals surface area contributed by atoms with Gasteiger partial charge in [0.15, 0.2) is 11.5 Å². The lowest BCUT2D eigenvalue weighted by Gasteiger charge is -2.12. The van der Waals surface area contributed by atoms with Gasteiger partial charge in [-0.3, -0.25) is 0 Å². The molecule has 0 aliphatic carbocycles. The highest BCUT2D eigenvalue weighted by atomic mass is 16.5. The van der Waals surface area contributed by atoms with Crippen LogP contribution in [0.4, 0.5) is 0 Å². The van der Waals surface area contributed by atoms with E-state index in [1.54, 1.807) is 0 Å². The molecule has 0 amide bonds. The van der Waals surface area contributed by atoms with Gasteiger partial charge < -0.3 is 19.7 Å². The second-order valence-corrected chi connectivity index (χ2v) is 7.54. The van der Waals surface area contributed by atoms with E-state index in [2.05, 4.69) is 0 Å². The predicted molar refractivity (Wildman–Crippen MR) is 116 cm³/mol. The zero-order valence-electron chi connectivity index (χ0n) is 17.7. The van der Waals surface area contributed by atoms with Crippen molar-refractivity contribution in [2.24, 2.45) is 0 Å². The van der Waals surface area contributed by atoms with Gasteiger partial charge in [0.25, 0.3) is 0 Å². The zero-order valence-corrected chi connectivity index (χ0v) is 17.7. The van der Waals surface area contributed by atoms with E-state index in [-0.39, 0.29) is 0 Å². The normalized spacial score (nSPS) is 10.9. The molecule has 0 bridgehead atoms. The number of ether oxygens (including phenoxy) is 2. The third-order valence-corrected chi connectivity index (χ3v) is 4.97. The molecule has 0 aliphatic heterocycles. The van der Waals surface area contributed by atoms with E-state index in [4.69, 9.17) is 19.7 Å². The van der Waals surface area contributed by atoms with Crippen molar-refractivity contribution in [2.75, 3.05) is 26.4 Å². The molecule has 0 spiro atoms. The molecule has 0 atom stereocenters. The highest BCUT2D eigenvalue weighted by Gasteiger charge is 2.04. The molecule has 0 saturated carbocycles. The predicted octanol–water partition coefficient (Wildman–Crippen LogP) is 5.89. The molecule has 1 aromatic carbocycles. The molecular formula is C24H42O4. The molecule has 28 heavy (non-hydrogen) atoms. The molecule has 0 saturated heterocycles. The minimum absolute atomic E-state index is 0.320. The Morgan fingerprint density at radius 1 is 0.464 bits per heavy atom. The quantitative estimate of drug-likeness (QED) is 0.271. The molecule has 0 aliphatic rings. The van der Waals surface area contributed by atoms with Crippen molar-refractivity contribution >= 4 is 0 Å². The fraction of sp³-hybridized carbons (Fsp3) is 0.750. The van der Waals surface area contributed by atoms with Gasteiger partial charge in [0.1, 0.15) is 0 Å². The molecule has 0 unspecified atom stereocenters. The number of aliphatic hydroxyl groups is 2. The van der Waals surface area contributed by atoms with Crippen LogP contribution in [0, 0.1) is 0 Å². The molecular weight excluding hydrogens is 352 g/mol. The molecule has 1 rings (SSSR count). The number of hydrogen-bond acceptors (Lipinski definition) is 4. The molecule has 0 heterocycles. The van der Waals surface area contributed by atoms with Crippen LogP contribution < -0.4 is 9.47 Å². The van der Waals surface area contributed by atoms with Gasteiger partial charge in [0, 0.05) is 13.2 Å². The van der Waals surface area contributed by atoms with Crippen molar-refractivity contribution in [3.8, 4) is 11.5 Å². The molecule has 0 fully saturated rings. The van der Waals surface area contributed by atoms with E-state index in [0.29, 0.717) is 13.2 Å². The van der Waals surface area contributed by atoms with E-state index in [0.717, 1.165) is 63.2 Å². The standard InChI is InChI=1S/C24H42O4/c25-19-13-7-3-1-5-9-15-21-27-23-17-11-12-18-24(23)28-22-16-10-6-2-4-8-14-20-26/h11-12,17-18,25-26H,1-10,13-16,19-22H2. The Hall–Kier alpha value is -1.26. The van der Waals surface area contributed by atoms with E-state index < -0.39 is 0 Å². The van der Waals surface area contributed by atoms with Gasteiger partial charge in [-0.15, -0.1) is 0 Å². The summed E-state index contributed by atoms with van der Waals surface area (Å²) < 4.78 is 11.9. The van der Waals surface area contributed by atoms with Gasteiger partial charge in [-0.2, -0.15) is 0 Å². The summed E-state index contributed by atoms with van der Waals surface area (Å²) in [5, 5.41) is 17.5. The smallest absolute Gasteiger partial charge is 0.161 e. The Bertz CT molecular complexity index is 409. The Balaban J connectivity index is 2.06. The summed E-state index contributed by atoms with van der Waals surface area (Å²) in [7, 11) is 0. The summed E-state index contributed by atoms with van der Waals surface area (Å²) in [6.07, 6.45) is 16.1. The number of rotatable bonds is 20. The Labute approximate surface area is 172 Å². The molecule has 2 N–H and O–H groups in total. The first-order chi connectivity index (χ1) is 13.9. The monoisotopic (exact) mass is 394 g/mol. The number of hydrogen-bond donors (Lipinski definition) is 2. The first kappa shape index (κ1) is 24.8. The highest BCUT2D eigenvalue weighted by molar-refractivity contribution is 5.39. The first-order valence-corrected chi connectivity index (χ1v) is 11.4. The van der Waals surface area contributed by atoms with Gasteiger partial charge in [-0.05, 0) is 37.8 Å². The fourth-order valence-corrected chi connectivity index (χ4v) is 3.25. The molecule has 4 heteroatoms. The number of unbranched alkanes of at least 4 members (excludes halogenated alkanes) is 12. The van der Waals surface area contributed by atoms with Crippen molar-refractivity contribution in [2.45, 2.75) is 89.9 Å². The minimum Gasteiger partial charge on any atom is -0.490 e. The van der Waals surface area contributed by atoms with Gasteiger partial charge in [-0.25, -0.2) is 0 Å². The summed E-state index contributed by atoms with van der Waals surface area (Å²) in [5.41, 5.74) is 0. The third-order valence-electron chi connectivity index (χ3n) is 4.97. The lowest BCUT2D eigenvalue weighted by molar-refractivity contribution is 0.258. The largest absolute Gasteiger partial charge is 0.490 e. The van der Waals surface area contributed by atoms with E-state index in [1.807, 2.05) is 24.3 Å². The van der Waals surface area contributed by atoms with Crippen molar-refractivity contribution in [3.63, 3.8) is 0 Å². The second kappa shape index (κ2) is 19.1. The van der Waals surface area contributed by atoms with Gasteiger partial charge >= 0.3 is 0 Å². The summed E-state index contributed by atoms with van der Waals surface area (Å²) in [5.74, 6) is 1.71. The van der Waals surface area contributed by atoms with Crippen LogP contribution in [-0.2, 0) is 0 Å². The number of aliphatic hydroxyl groups excluding tert-OH is 2. The fourth-order valence-electron chi connectivity index (χ4n) is 3.25. The van der Waals surface area contributed by atoms with Crippen LogP contribution in [0.3, 0.4) is 0 Å². The Morgan fingerprint density at radius 2 is 0.786 bits per heavy atom. The van der Waals surface area contributed by atoms with E-state index in [9.17, 15) is 0 Å². The lowest BCUT2D eigenvalue weighted by atomic mass is 10.1. The first-order valence-electron chi connectivity index (χ1n) is 11.4. The Kier molecular flexibility index (Phi) is 16.9. The van der Waals surface area contributed by atoms with E-state index >= 15 is 0 Å². The maximum atomic E-state index is 8.76. The molecule has 4 nitrogen and oxygen atoms in total. The second-order valence-electron chi connectivity index (χ2n) is 7.54. The van der Waals surface area contributed by atoms with Crippen molar-refractivity contribution < 1.29 is 19.7 Å². The van der Waals surface area contributed by atoms with Gasteiger partial charge in [-0.1, -0.05) is 76.3 Å². The average Bonchev–Trinajstić information content (AvgIpc) is 2.72. The highest BCUT2D eigenvalue weighted by Crippen LogP contribution is 2.27. The van der Waals surface area contributed by atoms with Crippen molar-refractivity contribution in [1.82, 2.24) is 0 Å². The number of para-hydroxylation sites is 2. The van der Waals surface area contributed by atoms with Crippen LogP contribution in [0.15, 0.2) is 24.3 Å². The Morgan fingerprint density at radius 3 is 1.14 bits per heavy atom. The molecule has 1 aromatic rings. The summed E-state index contributed by atoms with van der Waals surface area (Å²) in [4.78, 5) is 0. The van der Waals surface area contributed by atoms with Crippen LogP contribution in [-0.4, -0.2) is 36.6 Å². The summed E-state index contributed by atoms with van der Waals surface area (Å²) in [6.45, 7) is 2.12. The minimum atomic E-state index is 0.320. The van der Waals surface area contributed by atoms with Crippen LogP contribution in [0.2, 0.25) is 0 Å². The SMILES string of the molecule is OCCCCCCCCCOc1ccccc1OCCCCCCCCCO. The summed E-state index contributed by atoms with van der Waals surface area (Å²) in [6, 6.07) is 7.97. The van der Waals surface area contributed by atoms with Crippen molar-refractivity contribution in [1.29, 1.82) is 0 Å². The maximum Gasteiger partial charge on any atom is 0.161 e. The van der Waals surface area contributed by atoms with Crippen LogP contribution in [0.1, 0.15) is 89.9 Å². The van der Waals surface area contributed by atoms with Gasteiger partial charge in [0.2, 0.25) is 0 Å². The van der Waals surface area contributed by atoms with E-state index in [1.165, 1.54) is 51.4 Å². The third kappa shape index (κ3) is 13.8. The zero-order chi connectivity index (χ0) is 20.1. The van der Waals surface area contributed by atoms with Crippen LogP contribution in [0.25, 0.3) is 0 Å². The molecule has 0 aromatic heterocycles. The summed E-state index contributed by atoms with van der Waals surface area (Å²) >= 11 is 0. The van der Waals surface area contributed by atoms with Crippen LogP contribution in [0.5, 0.6) is 11.5 Å². The molecule has 0 radical (unpaired) electrons. The van der Waals surface area contributed by atoms with Gasteiger partial charge in [0.05, 0.1) is 13.2 Å². The lowest BCUT2D eigenvalue weighted by Crippen LogP contribution is -2.02. The number of benzene rings is 1. The van der Waals surface area contributed by atoms with Crippen molar-refractivity contribution in [3.05, 3.63) is 24.3 Å². The van der Waals surface area contributed by atoms with Crippen LogP contribution >= 0.6 is 0 Å². The maximum absolute atomic E-state index is 8.76.